The van der Waals surface area contributed by atoms with Crippen LogP contribution in [0.1, 0.15) is 13.8 Å². The predicted molar refractivity (Wildman–Crippen MR) is 87.5 cm³/mol. The maximum absolute atomic E-state index is 11.9. The first-order chi connectivity index (χ1) is 10.9. The van der Waals surface area contributed by atoms with E-state index < -0.39 is 5.97 Å². The van der Waals surface area contributed by atoms with E-state index >= 15 is 0 Å². The molecule has 0 aliphatic rings. The highest BCUT2D eigenvalue weighted by molar-refractivity contribution is 8.00. The Morgan fingerprint density at radius 3 is 2.48 bits per heavy atom. The third-order valence-electron chi connectivity index (χ3n) is 2.63. The van der Waals surface area contributed by atoms with E-state index in [1.165, 1.54) is 18.7 Å². The number of benzene rings is 1. The molecule has 0 spiro atoms. The van der Waals surface area contributed by atoms with E-state index in [-0.39, 0.29) is 36.8 Å². The zero-order valence-electron chi connectivity index (χ0n) is 13.0. The highest BCUT2D eigenvalue weighted by Crippen LogP contribution is 2.24. The van der Waals surface area contributed by atoms with Crippen LogP contribution >= 0.6 is 11.8 Å². The van der Waals surface area contributed by atoms with Gasteiger partial charge in [-0.1, -0.05) is 0 Å². The second-order valence-corrected chi connectivity index (χ2v) is 6.12. The van der Waals surface area contributed by atoms with E-state index in [1.807, 2.05) is 12.1 Å². The Hall–Kier alpha value is -2.06. The first-order valence-electron chi connectivity index (χ1n) is 7.00. The van der Waals surface area contributed by atoms with Gasteiger partial charge in [0.15, 0.2) is 0 Å². The van der Waals surface area contributed by atoms with Crippen molar-refractivity contribution in [2.24, 2.45) is 0 Å². The largest absolute Gasteiger partial charge is 0.480 e. The van der Waals surface area contributed by atoms with Gasteiger partial charge < -0.3 is 20.5 Å². The number of ether oxygens (including phenoxy) is 1. The minimum absolute atomic E-state index is 0.136. The number of nitrogens with one attached hydrogen (secondary N) is 2. The van der Waals surface area contributed by atoms with Crippen LogP contribution in [0.25, 0.3) is 0 Å². The number of hydrogen-bond donors (Lipinski definition) is 3. The number of amides is 2. The first kappa shape index (κ1) is 19.0. The van der Waals surface area contributed by atoms with E-state index in [0.717, 1.165) is 4.90 Å². The monoisotopic (exact) mass is 340 g/mol. The molecule has 0 aliphatic carbocycles. The van der Waals surface area contributed by atoms with E-state index in [4.69, 9.17) is 9.84 Å². The van der Waals surface area contributed by atoms with Gasteiger partial charge in [-0.2, -0.15) is 0 Å². The number of anilines is 1. The molecule has 1 unspecified atom stereocenters. The predicted octanol–water partition coefficient (Wildman–Crippen LogP) is 1.34. The summed E-state index contributed by atoms with van der Waals surface area (Å²) >= 11 is 1.39. The number of rotatable bonds is 9. The number of carbonyl (C=O) groups is 3. The molecule has 3 N–H and O–H groups in total. The summed E-state index contributed by atoms with van der Waals surface area (Å²) in [5.41, 5.74) is 0.703. The molecule has 2 amide bonds. The van der Waals surface area contributed by atoms with Gasteiger partial charge in [-0.25, -0.2) is 4.79 Å². The summed E-state index contributed by atoms with van der Waals surface area (Å²) in [6.45, 7) is 3.26. The van der Waals surface area contributed by atoms with Gasteiger partial charge in [0.2, 0.25) is 11.8 Å². The highest BCUT2D eigenvalue weighted by atomic mass is 32.2. The number of hydrogen-bond acceptors (Lipinski definition) is 5. The van der Waals surface area contributed by atoms with Crippen molar-refractivity contribution >= 4 is 35.2 Å². The van der Waals surface area contributed by atoms with Crippen LogP contribution in [0, 0.1) is 0 Å². The van der Waals surface area contributed by atoms with Crippen molar-refractivity contribution in [3.8, 4) is 0 Å². The Balaban J connectivity index is 2.33. The van der Waals surface area contributed by atoms with Crippen LogP contribution in [0.15, 0.2) is 29.2 Å². The van der Waals surface area contributed by atoms with Crippen LogP contribution in [0.4, 0.5) is 5.69 Å². The second kappa shape index (κ2) is 9.86. The number of carboxylic acid groups (broad SMARTS) is 1. The maximum Gasteiger partial charge on any atom is 0.329 e. The zero-order chi connectivity index (χ0) is 17.2. The molecule has 0 fully saturated rings. The van der Waals surface area contributed by atoms with Gasteiger partial charge in [-0.05, 0) is 31.2 Å². The summed E-state index contributed by atoms with van der Waals surface area (Å²) in [6, 6.07) is 7.20. The van der Waals surface area contributed by atoms with E-state index in [1.54, 1.807) is 19.1 Å². The zero-order valence-corrected chi connectivity index (χ0v) is 13.8. The molecule has 0 radical (unpaired) electrons. The van der Waals surface area contributed by atoms with Crippen LogP contribution in [-0.4, -0.2) is 47.9 Å². The first-order valence-corrected chi connectivity index (χ1v) is 7.88. The van der Waals surface area contributed by atoms with Gasteiger partial charge in [0.25, 0.3) is 0 Å². The van der Waals surface area contributed by atoms with Crippen LogP contribution in [0.2, 0.25) is 0 Å². The van der Waals surface area contributed by atoms with Crippen LogP contribution in [0.5, 0.6) is 0 Å². The Bertz CT molecular complexity index is 547. The molecule has 1 aromatic rings. The number of thioether (sulfide) groups is 1. The topological polar surface area (TPSA) is 105 Å². The summed E-state index contributed by atoms with van der Waals surface area (Å²) in [4.78, 5) is 34.0. The van der Waals surface area contributed by atoms with Crippen LogP contribution in [-0.2, 0) is 19.1 Å². The molecule has 0 heterocycles. The molecule has 8 heteroatoms. The van der Waals surface area contributed by atoms with E-state index in [9.17, 15) is 14.4 Å². The Morgan fingerprint density at radius 1 is 1.26 bits per heavy atom. The lowest BCUT2D eigenvalue weighted by atomic mass is 10.3. The summed E-state index contributed by atoms with van der Waals surface area (Å²) in [5, 5.41) is 13.5. The number of carbonyl (C=O) groups excluding carboxylic acids is 2. The molecule has 126 valence electrons. The summed E-state index contributed by atoms with van der Waals surface area (Å²) in [6.07, 6.45) is 0. The fraction of sp³-hybridized carbons (Fsp3) is 0.400. The summed E-state index contributed by atoms with van der Waals surface area (Å²) in [5.74, 6) is -1.33. The van der Waals surface area contributed by atoms with Gasteiger partial charge in [0.05, 0.1) is 11.9 Å². The van der Waals surface area contributed by atoms with Crippen molar-refractivity contribution in [1.82, 2.24) is 5.32 Å². The smallest absolute Gasteiger partial charge is 0.329 e. The van der Waals surface area contributed by atoms with E-state index in [0.29, 0.717) is 5.69 Å². The van der Waals surface area contributed by atoms with Crippen molar-refractivity contribution in [2.45, 2.75) is 24.0 Å². The molecule has 1 aromatic carbocycles. The molecule has 0 bridgehead atoms. The van der Waals surface area contributed by atoms with Gasteiger partial charge in [0, 0.05) is 24.1 Å². The molecule has 0 saturated heterocycles. The van der Waals surface area contributed by atoms with Gasteiger partial charge in [0.1, 0.15) is 6.61 Å². The fourth-order valence-corrected chi connectivity index (χ4v) is 2.52. The molecular weight excluding hydrogens is 320 g/mol. The Kier molecular flexibility index (Phi) is 8.14. The lowest BCUT2D eigenvalue weighted by Gasteiger charge is -2.12. The fourth-order valence-electron chi connectivity index (χ4n) is 1.63. The molecular formula is C15H20N2O5S. The lowest BCUT2D eigenvalue weighted by Crippen LogP contribution is -2.33. The van der Waals surface area contributed by atoms with Crippen molar-refractivity contribution in [2.75, 3.05) is 25.1 Å². The van der Waals surface area contributed by atoms with E-state index in [2.05, 4.69) is 10.6 Å². The van der Waals surface area contributed by atoms with Crippen LogP contribution in [0.3, 0.4) is 0 Å². The molecule has 1 rings (SSSR count). The minimum Gasteiger partial charge on any atom is -0.480 e. The lowest BCUT2D eigenvalue weighted by molar-refractivity contribution is -0.142. The molecule has 0 saturated carbocycles. The SMILES string of the molecule is CC(=O)Nc1ccc(SC(C)C(=O)NCCOCC(=O)O)cc1. The third-order valence-corrected chi connectivity index (χ3v) is 3.74. The quantitative estimate of drug-likeness (QED) is 0.463. The molecule has 0 aliphatic heterocycles. The van der Waals surface area contributed by atoms with Gasteiger partial charge in [-0.15, -0.1) is 11.8 Å². The summed E-state index contributed by atoms with van der Waals surface area (Å²) in [7, 11) is 0. The second-order valence-electron chi connectivity index (χ2n) is 4.70. The van der Waals surface area contributed by atoms with Gasteiger partial charge in [-0.3, -0.25) is 9.59 Å². The standard InChI is InChI=1S/C15H20N2O5S/c1-10(15(21)16-7-8-22-9-14(19)20)23-13-5-3-12(4-6-13)17-11(2)18/h3-6,10H,7-9H2,1-2H3,(H,16,21)(H,17,18)(H,19,20). The molecule has 0 aromatic heterocycles. The van der Waals surface area contributed by atoms with Crippen molar-refractivity contribution < 1.29 is 24.2 Å². The molecule has 1 atom stereocenters. The maximum atomic E-state index is 11.9. The van der Waals surface area contributed by atoms with Crippen molar-refractivity contribution in [1.29, 1.82) is 0 Å². The third kappa shape index (κ3) is 8.22. The molecule has 23 heavy (non-hydrogen) atoms. The average Bonchev–Trinajstić information content (AvgIpc) is 2.47. The number of aliphatic carboxylic acids is 1. The van der Waals surface area contributed by atoms with Crippen molar-refractivity contribution in [3.05, 3.63) is 24.3 Å². The Morgan fingerprint density at radius 2 is 1.91 bits per heavy atom. The van der Waals surface area contributed by atoms with Gasteiger partial charge >= 0.3 is 5.97 Å². The number of carboxylic acids is 1. The van der Waals surface area contributed by atoms with Crippen molar-refractivity contribution in [3.63, 3.8) is 0 Å². The van der Waals surface area contributed by atoms with Crippen LogP contribution < -0.4 is 10.6 Å². The molecule has 7 nitrogen and oxygen atoms in total. The Labute approximate surface area is 138 Å². The highest BCUT2D eigenvalue weighted by Gasteiger charge is 2.13. The summed E-state index contributed by atoms with van der Waals surface area (Å²) < 4.78 is 4.83. The minimum atomic E-state index is -1.04. The normalized spacial score (nSPS) is 11.6. The average molecular weight is 340 g/mol.